The highest BCUT2D eigenvalue weighted by Gasteiger charge is 2.27. The van der Waals surface area contributed by atoms with Crippen LogP contribution in [0.15, 0.2) is 24.3 Å². The van der Waals surface area contributed by atoms with Crippen LogP contribution in [0.3, 0.4) is 0 Å². The van der Waals surface area contributed by atoms with Gasteiger partial charge in [0.2, 0.25) is 5.91 Å². The molecule has 0 heterocycles. The number of imide groups is 1. The van der Waals surface area contributed by atoms with Gasteiger partial charge in [-0.25, -0.2) is 4.90 Å². The van der Waals surface area contributed by atoms with Crippen LogP contribution in [-0.4, -0.2) is 44.8 Å². The summed E-state index contributed by atoms with van der Waals surface area (Å²) in [7, 11) is 2.80. The molecule has 0 bridgehead atoms. The van der Waals surface area contributed by atoms with E-state index in [1.165, 1.54) is 45.4 Å². The van der Waals surface area contributed by atoms with Crippen molar-refractivity contribution < 1.29 is 23.9 Å². The van der Waals surface area contributed by atoms with Gasteiger partial charge >= 0.3 is 11.8 Å². The zero-order valence-corrected chi connectivity index (χ0v) is 12.7. The van der Waals surface area contributed by atoms with E-state index in [0.29, 0.717) is 5.69 Å². The number of carbonyl (C=O) groups is 3. The van der Waals surface area contributed by atoms with Gasteiger partial charge in [0.05, 0.1) is 12.2 Å². The van der Waals surface area contributed by atoms with Crippen LogP contribution in [-0.2, 0) is 23.9 Å². The Bertz CT molecular complexity index is 540. The number of nitrogens with one attached hydrogen (secondary N) is 1. The lowest BCUT2D eigenvalue weighted by Gasteiger charge is -2.19. The minimum atomic E-state index is -0.997. The van der Waals surface area contributed by atoms with E-state index in [2.05, 4.69) is 5.32 Å². The number of hydrogen-bond acceptors (Lipinski definition) is 6. The van der Waals surface area contributed by atoms with Crippen LogP contribution in [0.1, 0.15) is 6.92 Å². The number of carbonyl (C=O) groups excluding carboxylic acids is 3. The summed E-state index contributed by atoms with van der Waals surface area (Å²) in [6.07, 6.45) is -0.681. The molecule has 0 saturated heterocycles. The fourth-order valence-electron chi connectivity index (χ4n) is 1.68. The number of hydrogen-bond donors (Lipinski definition) is 2. The quantitative estimate of drug-likeness (QED) is 0.446. The summed E-state index contributed by atoms with van der Waals surface area (Å²) < 4.78 is 9.79. The number of nitrogens with zero attached hydrogens (tertiary/aromatic N) is 1. The first-order chi connectivity index (χ1) is 10.4. The monoisotopic (exact) mass is 309 g/mol. The zero-order valence-electron chi connectivity index (χ0n) is 12.7. The first kappa shape index (κ1) is 17.6. The number of methoxy groups -OCH3 is 2. The van der Waals surface area contributed by atoms with E-state index in [-0.39, 0.29) is 12.2 Å². The van der Waals surface area contributed by atoms with E-state index >= 15 is 0 Å². The molecule has 0 radical (unpaired) electrons. The van der Waals surface area contributed by atoms with Gasteiger partial charge in [-0.05, 0) is 24.3 Å². The number of ether oxygens (including phenoxy) is 2. The summed E-state index contributed by atoms with van der Waals surface area (Å²) in [4.78, 5) is 36.5. The molecular formula is C14H19N3O5. The van der Waals surface area contributed by atoms with E-state index in [9.17, 15) is 14.4 Å². The predicted octanol–water partition coefficient (Wildman–Crippen LogP) is -0.117. The topological polar surface area (TPSA) is 111 Å². The fourth-order valence-corrected chi connectivity index (χ4v) is 1.68. The van der Waals surface area contributed by atoms with Crippen molar-refractivity contribution in [2.45, 2.75) is 13.2 Å². The van der Waals surface area contributed by atoms with E-state index in [1.807, 2.05) is 0 Å². The molecule has 0 aliphatic carbocycles. The lowest BCUT2D eigenvalue weighted by Crippen LogP contribution is -2.47. The third-order valence-electron chi connectivity index (χ3n) is 2.82. The van der Waals surface area contributed by atoms with Gasteiger partial charge in [-0.15, -0.1) is 0 Å². The molecule has 120 valence electrons. The van der Waals surface area contributed by atoms with E-state index in [0.717, 1.165) is 4.90 Å². The number of benzene rings is 1. The van der Waals surface area contributed by atoms with Crippen molar-refractivity contribution >= 4 is 29.1 Å². The van der Waals surface area contributed by atoms with Gasteiger partial charge in [-0.2, -0.15) is 0 Å². The molecule has 0 aromatic heterocycles. The maximum atomic E-state index is 12.1. The Balaban J connectivity index is 2.83. The second kappa shape index (κ2) is 8.11. The number of nitrogens with two attached hydrogens (primary N) is 1. The summed E-state index contributed by atoms with van der Waals surface area (Å²) in [5.74, 6) is -2.52. The maximum absolute atomic E-state index is 12.1. The molecule has 22 heavy (non-hydrogen) atoms. The van der Waals surface area contributed by atoms with Crippen LogP contribution in [0.5, 0.6) is 0 Å². The van der Waals surface area contributed by atoms with Crippen LogP contribution in [0.4, 0.5) is 11.4 Å². The second-order valence-electron chi connectivity index (χ2n) is 4.36. The highest BCUT2D eigenvalue weighted by atomic mass is 16.7. The average Bonchev–Trinajstić information content (AvgIpc) is 2.49. The summed E-state index contributed by atoms with van der Waals surface area (Å²) in [6.45, 7) is 1.17. The molecule has 0 unspecified atom stereocenters. The number of amides is 3. The Morgan fingerprint density at radius 3 is 2.18 bits per heavy atom. The average molecular weight is 309 g/mol. The Morgan fingerprint density at radius 2 is 1.73 bits per heavy atom. The summed E-state index contributed by atoms with van der Waals surface area (Å²) in [5, 5.41) is 2.34. The van der Waals surface area contributed by atoms with Crippen molar-refractivity contribution in [1.29, 1.82) is 0 Å². The van der Waals surface area contributed by atoms with Crippen molar-refractivity contribution in [3.63, 3.8) is 0 Å². The lowest BCUT2D eigenvalue weighted by atomic mass is 10.2. The molecule has 8 nitrogen and oxygen atoms in total. The fraction of sp³-hybridized carbons (Fsp3) is 0.357. The third-order valence-corrected chi connectivity index (χ3v) is 2.82. The van der Waals surface area contributed by atoms with Gasteiger partial charge in [-0.3, -0.25) is 14.4 Å². The van der Waals surface area contributed by atoms with Crippen molar-refractivity contribution in [1.82, 2.24) is 5.32 Å². The molecule has 1 aromatic carbocycles. The van der Waals surface area contributed by atoms with Gasteiger partial charge < -0.3 is 20.5 Å². The lowest BCUT2D eigenvalue weighted by molar-refractivity contribution is -0.141. The van der Waals surface area contributed by atoms with Gasteiger partial charge in [0.1, 0.15) is 0 Å². The van der Waals surface area contributed by atoms with E-state index < -0.39 is 24.0 Å². The van der Waals surface area contributed by atoms with E-state index in [4.69, 9.17) is 15.2 Å². The van der Waals surface area contributed by atoms with Crippen LogP contribution in [0.25, 0.3) is 0 Å². The Labute approximate surface area is 128 Å². The second-order valence-corrected chi connectivity index (χ2v) is 4.36. The molecular weight excluding hydrogens is 290 g/mol. The maximum Gasteiger partial charge on any atom is 0.323 e. The smallest absolute Gasteiger partial charge is 0.323 e. The van der Waals surface area contributed by atoms with Crippen molar-refractivity contribution in [2.24, 2.45) is 0 Å². The molecule has 0 aliphatic rings. The van der Waals surface area contributed by atoms with Gasteiger partial charge in [0, 0.05) is 26.8 Å². The van der Waals surface area contributed by atoms with Crippen LogP contribution >= 0.6 is 0 Å². The minimum Gasteiger partial charge on any atom is -0.399 e. The molecule has 0 atom stereocenters. The molecule has 0 saturated carbocycles. The summed E-state index contributed by atoms with van der Waals surface area (Å²) in [6, 6.07) is 6.02. The Hall–Kier alpha value is -2.45. The standard InChI is InChI=1S/C14H19N3O5/c1-9(18)17(11-6-4-10(15)5-7-11)14(20)13(19)16-8-12(21-2)22-3/h4-7,12H,8,15H2,1-3H3,(H,16,19). The number of rotatable bonds is 5. The van der Waals surface area contributed by atoms with Crippen molar-refractivity contribution in [2.75, 3.05) is 31.4 Å². The number of anilines is 2. The van der Waals surface area contributed by atoms with Gasteiger partial charge in [-0.1, -0.05) is 0 Å². The van der Waals surface area contributed by atoms with Crippen molar-refractivity contribution in [3.05, 3.63) is 24.3 Å². The van der Waals surface area contributed by atoms with Gasteiger partial charge in [0.25, 0.3) is 0 Å². The minimum absolute atomic E-state index is 0.0228. The predicted molar refractivity (Wildman–Crippen MR) is 79.8 cm³/mol. The Morgan fingerprint density at radius 1 is 1.18 bits per heavy atom. The molecule has 0 spiro atoms. The molecule has 0 fully saturated rings. The molecule has 1 rings (SSSR count). The molecule has 3 N–H and O–H groups in total. The first-order valence-electron chi connectivity index (χ1n) is 6.44. The molecule has 3 amide bonds. The Kier molecular flexibility index (Phi) is 6.48. The first-order valence-corrected chi connectivity index (χ1v) is 6.44. The third kappa shape index (κ3) is 4.54. The summed E-state index contributed by atoms with van der Waals surface area (Å²) in [5.41, 5.74) is 6.29. The molecule has 1 aromatic rings. The summed E-state index contributed by atoms with van der Waals surface area (Å²) >= 11 is 0. The van der Waals surface area contributed by atoms with Crippen molar-refractivity contribution in [3.8, 4) is 0 Å². The van der Waals surface area contributed by atoms with E-state index in [1.54, 1.807) is 0 Å². The van der Waals surface area contributed by atoms with Crippen LogP contribution in [0.2, 0.25) is 0 Å². The number of nitrogen functional groups attached to an aromatic ring is 1. The normalized spacial score (nSPS) is 10.4. The highest BCUT2D eigenvalue weighted by Crippen LogP contribution is 2.16. The SMILES string of the molecule is COC(CNC(=O)C(=O)N(C(C)=O)c1ccc(N)cc1)OC. The molecule has 0 aliphatic heterocycles. The highest BCUT2D eigenvalue weighted by molar-refractivity contribution is 6.45. The van der Waals surface area contributed by atoms with Gasteiger partial charge in [0.15, 0.2) is 6.29 Å². The zero-order chi connectivity index (χ0) is 16.7. The van der Waals surface area contributed by atoms with Crippen LogP contribution in [0, 0.1) is 0 Å². The molecule has 8 heteroatoms. The van der Waals surface area contributed by atoms with Crippen LogP contribution < -0.4 is 16.0 Å². The largest absolute Gasteiger partial charge is 0.399 e.